The number of pyridine rings is 1. The number of aromatic nitrogens is 3. The molecule has 4 heterocycles. The number of nitrogens with one attached hydrogen (secondary N) is 1. The molecule has 4 aromatic rings. The molecule has 2 aromatic heterocycles. The first kappa shape index (κ1) is 34.8. The van der Waals surface area contributed by atoms with Crippen LogP contribution in [0.2, 0.25) is 0 Å². The number of imidazole rings is 1. The quantitative estimate of drug-likeness (QED) is 0.156. The molecule has 0 unspecified atom stereocenters. The molecule has 0 bridgehead atoms. The number of halogens is 1. The number of fused-ring (bicyclic) bond motifs is 3. The lowest BCUT2D eigenvalue weighted by molar-refractivity contribution is -0.380. The molecular weight excluding hydrogens is 629 g/mol. The van der Waals surface area contributed by atoms with E-state index in [0.717, 1.165) is 60.3 Å². The fourth-order valence-electron chi connectivity index (χ4n) is 6.58. The van der Waals surface area contributed by atoms with Gasteiger partial charge in [0.25, 0.3) is 0 Å². The third-order valence-electron chi connectivity index (χ3n) is 9.16. The molecule has 0 spiro atoms. The molecule has 49 heavy (non-hydrogen) atoms. The number of likely N-dealkylation sites (tertiary alicyclic amines) is 1. The number of amides is 2. The van der Waals surface area contributed by atoms with Crippen molar-refractivity contribution in [2.75, 3.05) is 58.8 Å². The van der Waals surface area contributed by atoms with Gasteiger partial charge in [0, 0.05) is 51.6 Å². The van der Waals surface area contributed by atoms with Crippen molar-refractivity contribution in [1.29, 1.82) is 0 Å². The van der Waals surface area contributed by atoms with E-state index < -0.39 is 12.1 Å². The van der Waals surface area contributed by atoms with Crippen LogP contribution in [0.25, 0.3) is 21.9 Å². The minimum Gasteiger partial charge on any atom is -0.485 e. The summed E-state index contributed by atoms with van der Waals surface area (Å²) in [7, 11) is 1.68. The number of nitrogen functional groups attached to an aromatic ring is 1. The van der Waals surface area contributed by atoms with E-state index in [1.807, 2.05) is 18.2 Å². The number of hydrogen-bond acceptors (Lipinski definition) is 9. The number of unbranched alkanes of at least 4 members (excludes halogenated alkanes) is 1. The fourth-order valence-corrected chi connectivity index (χ4v) is 6.58. The van der Waals surface area contributed by atoms with Gasteiger partial charge < -0.3 is 44.4 Å². The van der Waals surface area contributed by atoms with Gasteiger partial charge in [0.2, 0.25) is 0 Å². The second-order valence-electron chi connectivity index (χ2n) is 12.7. The van der Waals surface area contributed by atoms with E-state index in [1.54, 1.807) is 31.1 Å². The van der Waals surface area contributed by atoms with E-state index in [9.17, 15) is 9.18 Å². The average molecular weight is 678 g/mol. The molecule has 6 rings (SSSR count). The molecule has 2 aliphatic heterocycles. The van der Waals surface area contributed by atoms with E-state index >= 15 is 0 Å². The summed E-state index contributed by atoms with van der Waals surface area (Å²) in [6, 6.07) is 12.6. The lowest BCUT2D eigenvalue weighted by Crippen LogP contribution is -2.44. The predicted molar refractivity (Wildman–Crippen MR) is 186 cm³/mol. The van der Waals surface area contributed by atoms with Crippen molar-refractivity contribution in [2.45, 2.75) is 71.1 Å². The van der Waals surface area contributed by atoms with Gasteiger partial charge in [-0.1, -0.05) is 30.7 Å². The number of nitrogens with two attached hydrogens (primary N) is 1. The number of hydrogen-bond donors (Lipinski definition) is 2. The average Bonchev–Trinajstić information content (AvgIpc) is 3.47. The molecule has 264 valence electrons. The van der Waals surface area contributed by atoms with Crippen LogP contribution < -0.4 is 15.8 Å². The third-order valence-corrected chi connectivity index (χ3v) is 9.16. The van der Waals surface area contributed by atoms with Crippen molar-refractivity contribution < 1.29 is 28.1 Å². The summed E-state index contributed by atoms with van der Waals surface area (Å²) in [4.78, 5) is 27.2. The number of anilines is 1. The Hall–Kier alpha value is -4.04. The van der Waals surface area contributed by atoms with Crippen LogP contribution in [0.15, 0.2) is 42.5 Å². The topological polar surface area (TPSA) is 129 Å². The zero-order chi connectivity index (χ0) is 34.2. The van der Waals surface area contributed by atoms with Crippen LogP contribution in [0.1, 0.15) is 50.4 Å². The number of methoxy groups -OCH3 is 1. The zero-order valence-corrected chi connectivity index (χ0v) is 28.5. The van der Waals surface area contributed by atoms with Crippen molar-refractivity contribution in [3.8, 4) is 5.75 Å². The molecule has 2 aliphatic rings. The van der Waals surface area contributed by atoms with Gasteiger partial charge in [-0.25, -0.2) is 19.2 Å². The Morgan fingerprint density at radius 3 is 2.71 bits per heavy atom. The number of aryl methyl sites for hydroxylation is 1. The third kappa shape index (κ3) is 8.77. The number of piperidine rings is 1. The molecular formula is C36H48FN7O5. The lowest BCUT2D eigenvalue weighted by atomic mass is 10.1. The summed E-state index contributed by atoms with van der Waals surface area (Å²) in [6.07, 6.45) is 5.06. The first-order valence-electron chi connectivity index (χ1n) is 17.4. The number of carbonyl (C=O) groups is 1. The Morgan fingerprint density at radius 2 is 1.92 bits per heavy atom. The number of benzene rings is 2. The number of rotatable bonds is 16. The summed E-state index contributed by atoms with van der Waals surface area (Å²) < 4.78 is 38.6. The van der Waals surface area contributed by atoms with Gasteiger partial charge in [-0.05, 0) is 69.5 Å². The minimum absolute atomic E-state index is 0.0904. The van der Waals surface area contributed by atoms with E-state index in [1.165, 1.54) is 25.3 Å². The number of urea groups is 1. The SMILES string of the molecule is COCCc1nc2c(N)nc3ccccc3c2n1CCCCNC(=O)N(CCN1CCCCC1)Cc1ccc(F)c(OCC2OC(C)O2)c1. The Bertz CT molecular complexity index is 1710. The maximum absolute atomic E-state index is 14.6. The molecule has 0 saturated carbocycles. The van der Waals surface area contributed by atoms with E-state index in [4.69, 9.17) is 29.7 Å². The molecule has 13 heteroatoms. The van der Waals surface area contributed by atoms with Crippen LogP contribution in [-0.2, 0) is 33.7 Å². The summed E-state index contributed by atoms with van der Waals surface area (Å²) in [5, 5.41) is 4.14. The highest BCUT2D eigenvalue weighted by molar-refractivity contribution is 6.06. The smallest absolute Gasteiger partial charge is 0.317 e. The van der Waals surface area contributed by atoms with Crippen molar-refractivity contribution in [3.05, 3.63) is 59.7 Å². The van der Waals surface area contributed by atoms with Crippen LogP contribution >= 0.6 is 0 Å². The summed E-state index contributed by atoms with van der Waals surface area (Å²) in [6.45, 7) is 7.42. The standard InChI is InChI=1S/C36H48FN7O5/c1-25-48-32(49-25)24-47-30-22-26(12-13-28(30)37)23-43(20-19-42-16-7-3-8-17-42)36(45)39-15-6-9-18-44-31(14-21-46-2)41-33-34(44)27-10-4-5-11-29(27)40-35(33)38/h4-5,10-13,22,25,32H,3,6-9,14-21,23-24H2,1-2H3,(H2,38,40)(H,39,45). The monoisotopic (exact) mass is 677 g/mol. The molecule has 2 fully saturated rings. The molecule has 3 N–H and O–H groups in total. The fraction of sp³-hybridized carbons (Fsp3) is 0.528. The normalized spacial score (nSPS) is 18.1. The van der Waals surface area contributed by atoms with Gasteiger partial charge in [-0.15, -0.1) is 0 Å². The largest absolute Gasteiger partial charge is 0.485 e. The molecule has 12 nitrogen and oxygen atoms in total. The van der Waals surface area contributed by atoms with Crippen molar-refractivity contribution in [2.24, 2.45) is 0 Å². The van der Waals surface area contributed by atoms with E-state index in [0.29, 0.717) is 50.5 Å². The Balaban J connectivity index is 1.09. The van der Waals surface area contributed by atoms with Crippen molar-refractivity contribution in [1.82, 2.24) is 29.7 Å². The van der Waals surface area contributed by atoms with Crippen molar-refractivity contribution >= 4 is 33.8 Å². The first-order valence-corrected chi connectivity index (χ1v) is 17.4. The van der Waals surface area contributed by atoms with Gasteiger partial charge >= 0.3 is 6.03 Å². The summed E-state index contributed by atoms with van der Waals surface area (Å²) in [5.74, 6) is 0.963. The van der Waals surface area contributed by atoms with Gasteiger partial charge in [0.05, 0.1) is 17.6 Å². The van der Waals surface area contributed by atoms with Crippen LogP contribution in [0.3, 0.4) is 0 Å². The second-order valence-corrected chi connectivity index (χ2v) is 12.7. The van der Waals surface area contributed by atoms with Crippen molar-refractivity contribution in [3.63, 3.8) is 0 Å². The first-order chi connectivity index (χ1) is 23.9. The molecule has 0 aliphatic carbocycles. The Morgan fingerprint density at radius 1 is 1.10 bits per heavy atom. The summed E-state index contributed by atoms with van der Waals surface area (Å²) >= 11 is 0. The minimum atomic E-state index is -0.510. The molecule has 0 radical (unpaired) electrons. The maximum atomic E-state index is 14.6. The molecule has 2 saturated heterocycles. The van der Waals surface area contributed by atoms with Gasteiger partial charge in [-0.3, -0.25) is 0 Å². The van der Waals surface area contributed by atoms with Gasteiger partial charge in [0.1, 0.15) is 17.9 Å². The molecule has 0 atom stereocenters. The van der Waals surface area contributed by atoms with Crippen LogP contribution in [-0.4, -0.2) is 96.0 Å². The highest BCUT2D eigenvalue weighted by Gasteiger charge is 2.28. The van der Waals surface area contributed by atoms with E-state index in [2.05, 4.69) is 25.8 Å². The predicted octanol–water partition coefficient (Wildman–Crippen LogP) is 5.07. The Kier molecular flexibility index (Phi) is 11.8. The van der Waals surface area contributed by atoms with Gasteiger partial charge in [0.15, 0.2) is 30.0 Å². The number of para-hydroxylation sites is 1. The highest BCUT2D eigenvalue weighted by atomic mass is 19.1. The lowest BCUT2D eigenvalue weighted by Gasteiger charge is -2.33. The zero-order valence-electron chi connectivity index (χ0n) is 28.5. The number of ether oxygens (including phenoxy) is 4. The van der Waals surface area contributed by atoms with Gasteiger partial charge in [-0.2, -0.15) is 0 Å². The molecule has 2 aromatic carbocycles. The summed E-state index contributed by atoms with van der Waals surface area (Å²) in [5.41, 5.74) is 9.64. The van der Waals surface area contributed by atoms with Crippen LogP contribution in [0, 0.1) is 5.82 Å². The van der Waals surface area contributed by atoms with Crippen LogP contribution in [0.4, 0.5) is 15.0 Å². The second kappa shape index (κ2) is 16.6. The maximum Gasteiger partial charge on any atom is 0.317 e. The number of carbonyl (C=O) groups excluding carboxylic acids is 1. The van der Waals surface area contributed by atoms with Crippen LogP contribution in [0.5, 0.6) is 5.75 Å². The van der Waals surface area contributed by atoms with E-state index in [-0.39, 0.29) is 24.7 Å². The highest BCUT2D eigenvalue weighted by Crippen LogP contribution is 2.29. The molecule has 2 amide bonds. The Labute approximate surface area is 286 Å². The number of nitrogens with zero attached hydrogens (tertiary/aromatic N) is 5.